The molecule has 1 aromatic carbocycles. The van der Waals surface area contributed by atoms with Crippen molar-refractivity contribution >= 4 is 24.2 Å². The van der Waals surface area contributed by atoms with Gasteiger partial charge < -0.3 is 5.73 Å². The van der Waals surface area contributed by atoms with Gasteiger partial charge in [-0.3, -0.25) is 4.90 Å². The number of thioether (sulfide) groups is 1. The first-order valence-electron chi connectivity index (χ1n) is 6.96. The lowest BCUT2D eigenvalue weighted by Crippen LogP contribution is -2.44. The Labute approximate surface area is 127 Å². The Morgan fingerprint density at radius 2 is 2.00 bits per heavy atom. The molecule has 0 aliphatic carbocycles. The number of rotatable bonds is 6. The van der Waals surface area contributed by atoms with Crippen molar-refractivity contribution < 1.29 is 0 Å². The molecule has 1 unspecified atom stereocenters. The number of nitrogens with zero attached hydrogens (tertiary/aromatic N) is 1. The van der Waals surface area contributed by atoms with E-state index in [4.69, 9.17) is 5.73 Å². The van der Waals surface area contributed by atoms with Gasteiger partial charge in [-0.05, 0) is 24.9 Å². The first-order valence-corrected chi connectivity index (χ1v) is 8.11. The number of halogens is 1. The molecule has 0 spiro atoms. The van der Waals surface area contributed by atoms with Crippen molar-refractivity contribution in [3.05, 3.63) is 35.9 Å². The van der Waals surface area contributed by atoms with Crippen molar-refractivity contribution in [3.63, 3.8) is 0 Å². The smallest absolute Gasteiger partial charge is 0.0218 e. The van der Waals surface area contributed by atoms with Crippen LogP contribution in [-0.2, 0) is 5.75 Å². The van der Waals surface area contributed by atoms with Gasteiger partial charge in [-0.1, -0.05) is 36.8 Å². The molecule has 1 atom stereocenters. The average Bonchev–Trinajstić information content (AvgIpc) is 2.45. The van der Waals surface area contributed by atoms with Gasteiger partial charge in [0.2, 0.25) is 0 Å². The monoisotopic (exact) mass is 300 g/mol. The van der Waals surface area contributed by atoms with E-state index in [0.717, 1.165) is 12.3 Å². The van der Waals surface area contributed by atoms with Gasteiger partial charge in [0.05, 0.1) is 0 Å². The van der Waals surface area contributed by atoms with Gasteiger partial charge in [0.1, 0.15) is 0 Å². The van der Waals surface area contributed by atoms with Crippen LogP contribution in [0.15, 0.2) is 30.3 Å². The summed E-state index contributed by atoms with van der Waals surface area (Å²) in [5.74, 6) is 2.34. The summed E-state index contributed by atoms with van der Waals surface area (Å²) in [5, 5.41) is 0. The third kappa shape index (κ3) is 5.74. The lowest BCUT2D eigenvalue weighted by molar-refractivity contribution is 0.163. The van der Waals surface area contributed by atoms with Gasteiger partial charge in [0.25, 0.3) is 0 Å². The largest absolute Gasteiger partial charge is 0.329 e. The molecule has 0 amide bonds. The van der Waals surface area contributed by atoms with Crippen molar-refractivity contribution in [1.29, 1.82) is 0 Å². The molecule has 0 aromatic heterocycles. The predicted molar refractivity (Wildman–Crippen MR) is 88.1 cm³/mol. The summed E-state index contributed by atoms with van der Waals surface area (Å²) in [6.45, 7) is 3.26. The van der Waals surface area contributed by atoms with Crippen LogP contribution < -0.4 is 5.73 Å². The maximum absolute atomic E-state index is 5.84. The van der Waals surface area contributed by atoms with E-state index >= 15 is 0 Å². The van der Waals surface area contributed by atoms with E-state index in [-0.39, 0.29) is 12.4 Å². The van der Waals surface area contributed by atoms with Gasteiger partial charge >= 0.3 is 0 Å². The first-order chi connectivity index (χ1) is 8.90. The number of nitrogens with two attached hydrogens (primary N) is 1. The van der Waals surface area contributed by atoms with Gasteiger partial charge in [0, 0.05) is 30.6 Å². The summed E-state index contributed by atoms with van der Waals surface area (Å²) in [6, 6.07) is 11.4. The standard InChI is InChI=1S/C15H24N2S.ClH/c16-12-15-8-4-5-9-17(15)10-11-18-13-14-6-2-1-3-7-14;/h1-3,6-7,15H,4-5,8-13,16H2;1H. The van der Waals surface area contributed by atoms with E-state index in [2.05, 4.69) is 35.2 Å². The summed E-state index contributed by atoms with van der Waals surface area (Å²) in [5.41, 5.74) is 7.27. The quantitative estimate of drug-likeness (QED) is 0.818. The molecule has 1 saturated heterocycles. The fourth-order valence-corrected chi connectivity index (χ4v) is 3.50. The average molecular weight is 301 g/mol. The van der Waals surface area contributed by atoms with Crippen LogP contribution in [0, 0.1) is 0 Å². The zero-order chi connectivity index (χ0) is 12.6. The molecule has 2 nitrogen and oxygen atoms in total. The Kier molecular flexibility index (Phi) is 8.55. The third-order valence-electron chi connectivity index (χ3n) is 3.66. The molecule has 1 fully saturated rings. The highest BCUT2D eigenvalue weighted by Crippen LogP contribution is 2.18. The predicted octanol–water partition coefficient (Wildman–Crippen LogP) is 3.15. The first kappa shape index (κ1) is 16.8. The molecule has 4 heteroatoms. The van der Waals surface area contributed by atoms with Crippen LogP contribution in [0.3, 0.4) is 0 Å². The van der Waals surface area contributed by atoms with E-state index in [1.165, 1.54) is 43.7 Å². The molecule has 108 valence electrons. The van der Waals surface area contributed by atoms with Gasteiger partial charge in [-0.15, -0.1) is 12.4 Å². The van der Waals surface area contributed by atoms with Gasteiger partial charge in [-0.25, -0.2) is 0 Å². The molecule has 1 aliphatic rings. The number of likely N-dealkylation sites (tertiary alicyclic amines) is 1. The van der Waals surface area contributed by atoms with Crippen LogP contribution >= 0.6 is 24.2 Å². The maximum atomic E-state index is 5.84. The molecule has 1 aromatic rings. The van der Waals surface area contributed by atoms with Crippen LogP contribution in [0.4, 0.5) is 0 Å². The maximum Gasteiger partial charge on any atom is 0.0218 e. The summed E-state index contributed by atoms with van der Waals surface area (Å²) >= 11 is 2.03. The van der Waals surface area contributed by atoms with Crippen molar-refractivity contribution in [1.82, 2.24) is 4.90 Å². The Morgan fingerprint density at radius 3 is 2.74 bits per heavy atom. The van der Waals surface area contributed by atoms with Crippen molar-refractivity contribution in [2.45, 2.75) is 31.1 Å². The number of benzene rings is 1. The Balaban J connectivity index is 0.00000180. The third-order valence-corrected chi connectivity index (χ3v) is 4.66. The minimum Gasteiger partial charge on any atom is -0.329 e. The second-order valence-electron chi connectivity index (χ2n) is 4.96. The van der Waals surface area contributed by atoms with E-state index < -0.39 is 0 Å². The highest BCUT2D eigenvalue weighted by molar-refractivity contribution is 7.98. The van der Waals surface area contributed by atoms with Gasteiger partial charge in [0.15, 0.2) is 0 Å². The van der Waals surface area contributed by atoms with Crippen molar-refractivity contribution in [3.8, 4) is 0 Å². The molecule has 0 saturated carbocycles. The number of piperidine rings is 1. The van der Waals surface area contributed by atoms with Crippen LogP contribution in [-0.4, -0.2) is 36.3 Å². The summed E-state index contributed by atoms with van der Waals surface area (Å²) in [4.78, 5) is 2.58. The molecule has 19 heavy (non-hydrogen) atoms. The SMILES string of the molecule is Cl.NCC1CCCCN1CCSCc1ccccc1. The van der Waals surface area contributed by atoms with Crippen LogP contribution in [0.5, 0.6) is 0 Å². The Morgan fingerprint density at radius 1 is 1.21 bits per heavy atom. The Hall–Kier alpha value is -0.220. The Bertz CT molecular complexity index is 334. The molecule has 2 N–H and O–H groups in total. The summed E-state index contributed by atoms with van der Waals surface area (Å²) in [7, 11) is 0. The molecule has 0 radical (unpaired) electrons. The minimum absolute atomic E-state index is 0. The second-order valence-corrected chi connectivity index (χ2v) is 6.06. The fraction of sp³-hybridized carbons (Fsp3) is 0.600. The molecule has 1 aliphatic heterocycles. The topological polar surface area (TPSA) is 29.3 Å². The van der Waals surface area contributed by atoms with E-state index in [9.17, 15) is 0 Å². The van der Waals surface area contributed by atoms with Crippen LogP contribution in [0.1, 0.15) is 24.8 Å². The van der Waals surface area contributed by atoms with Crippen molar-refractivity contribution in [2.24, 2.45) is 5.73 Å². The molecular formula is C15H25ClN2S. The van der Waals surface area contributed by atoms with E-state index in [1.807, 2.05) is 11.8 Å². The summed E-state index contributed by atoms with van der Waals surface area (Å²) < 4.78 is 0. The van der Waals surface area contributed by atoms with E-state index in [1.54, 1.807) is 0 Å². The lowest BCUT2D eigenvalue weighted by atomic mass is 10.0. The molecular weight excluding hydrogens is 276 g/mol. The van der Waals surface area contributed by atoms with Gasteiger partial charge in [-0.2, -0.15) is 11.8 Å². The zero-order valence-electron chi connectivity index (χ0n) is 11.5. The summed E-state index contributed by atoms with van der Waals surface area (Å²) in [6.07, 6.45) is 4.00. The molecule has 0 bridgehead atoms. The molecule has 2 rings (SSSR count). The molecule has 1 heterocycles. The highest BCUT2D eigenvalue weighted by Gasteiger charge is 2.19. The lowest BCUT2D eigenvalue weighted by Gasteiger charge is -2.34. The van der Waals surface area contributed by atoms with Crippen LogP contribution in [0.2, 0.25) is 0 Å². The number of hydrogen-bond acceptors (Lipinski definition) is 3. The van der Waals surface area contributed by atoms with E-state index in [0.29, 0.717) is 6.04 Å². The second kappa shape index (κ2) is 9.65. The highest BCUT2D eigenvalue weighted by atomic mass is 35.5. The number of hydrogen-bond donors (Lipinski definition) is 1. The van der Waals surface area contributed by atoms with Crippen molar-refractivity contribution in [2.75, 3.05) is 25.4 Å². The fourth-order valence-electron chi connectivity index (χ4n) is 2.57. The van der Waals surface area contributed by atoms with Crippen LogP contribution in [0.25, 0.3) is 0 Å². The zero-order valence-corrected chi connectivity index (χ0v) is 13.1. The normalized spacial score (nSPS) is 19.9. The minimum atomic E-state index is 0.